The zero-order valence-corrected chi connectivity index (χ0v) is 16.0. The van der Waals surface area contributed by atoms with Gasteiger partial charge in [0.25, 0.3) is 5.91 Å². The SMILES string of the molecule is CCCOC(C)(CCC)C(=O)Nc1ccc(OCC(C)C)c(C#N)c1. The van der Waals surface area contributed by atoms with Crippen LogP contribution >= 0.6 is 0 Å². The number of amides is 1. The van der Waals surface area contributed by atoms with Crippen LogP contribution in [-0.2, 0) is 9.53 Å². The monoisotopic (exact) mass is 346 g/mol. The van der Waals surface area contributed by atoms with Crippen LogP contribution in [0.4, 0.5) is 5.69 Å². The molecule has 1 atom stereocenters. The molecule has 5 nitrogen and oxygen atoms in total. The Morgan fingerprint density at radius 3 is 2.60 bits per heavy atom. The van der Waals surface area contributed by atoms with E-state index in [9.17, 15) is 10.1 Å². The van der Waals surface area contributed by atoms with Gasteiger partial charge in [-0.25, -0.2) is 0 Å². The largest absolute Gasteiger partial charge is 0.492 e. The Labute approximate surface area is 151 Å². The zero-order valence-electron chi connectivity index (χ0n) is 16.0. The van der Waals surface area contributed by atoms with Gasteiger partial charge in [0.2, 0.25) is 0 Å². The first-order valence-corrected chi connectivity index (χ1v) is 8.98. The fraction of sp³-hybridized carbons (Fsp3) is 0.600. The smallest absolute Gasteiger partial charge is 0.256 e. The van der Waals surface area contributed by atoms with Crippen LogP contribution < -0.4 is 10.1 Å². The Morgan fingerprint density at radius 1 is 1.32 bits per heavy atom. The number of nitriles is 1. The second-order valence-electron chi connectivity index (χ2n) is 6.81. The van der Waals surface area contributed by atoms with Gasteiger partial charge in [0.15, 0.2) is 0 Å². The predicted molar refractivity (Wildman–Crippen MR) is 99.7 cm³/mol. The summed E-state index contributed by atoms with van der Waals surface area (Å²) >= 11 is 0. The minimum atomic E-state index is -0.871. The van der Waals surface area contributed by atoms with Crippen molar-refractivity contribution in [3.05, 3.63) is 23.8 Å². The number of rotatable bonds is 10. The highest BCUT2D eigenvalue weighted by Crippen LogP contribution is 2.25. The maximum Gasteiger partial charge on any atom is 0.256 e. The van der Waals surface area contributed by atoms with Gasteiger partial charge in [-0.15, -0.1) is 0 Å². The fourth-order valence-electron chi connectivity index (χ4n) is 2.40. The van der Waals surface area contributed by atoms with Crippen molar-refractivity contribution in [3.8, 4) is 11.8 Å². The summed E-state index contributed by atoms with van der Waals surface area (Å²) in [5.41, 5.74) is 0.107. The third-order valence-corrected chi connectivity index (χ3v) is 3.76. The van der Waals surface area contributed by atoms with Crippen LogP contribution in [0.3, 0.4) is 0 Å². The first-order valence-electron chi connectivity index (χ1n) is 8.98. The Morgan fingerprint density at radius 2 is 2.04 bits per heavy atom. The molecule has 0 heterocycles. The summed E-state index contributed by atoms with van der Waals surface area (Å²) < 4.78 is 11.4. The van der Waals surface area contributed by atoms with Gasteiger partial charge in [-0.05, 0) is 43.9 Å². The summed E-state index contributed by atoms with van der Waals surface area (Å²) in [6.45, 7) is 11.0. The number of nitrogens with one attached hydrogen (secondary N) is 1. The highest BCUT2D eigenvalue weighted by molar-refractivity contribution is 5.97. The van der Waals surface area contributed by atoms with E-state index >= 15 is 0 Å². The molecular weight excluding hydrogens is 316 g/mol. The van der Waals surface area contributed by atoms with Crippen LogP contribution in [0.1, 0.15) is 59.4 Å². The predicted octanol–water partition coefficient (Wildman–Crippen LogP) is 4.52. The zero-order chi connectivity index (χ0) is 18.9. The molecule has 5 heteroatoms. The third-order valence-electron chi connectivity index (χ3n) is 3.76. The number of hydrogen-bond acceptors (Lipinski definition) is 4. The van der Waals surface area contributed by atoms with Crippen molar-refractivity contribution >= 4 is 11.6 Å². The molecule has 1 unspecified atom stereocenters. The van der Waals surface area contributed by atoms with Crippen molar-refractivity contribution in [2.24, 2.45) is 5.92 Å². The van der Waals surface area contributed by atoms with Gasteiger partial charge in [-0.2, -0.15) is 5.26 Å². The summed E-state index contributed by atoms with van der Waals surface area (Å²) in [5.74, 6) is 0.715. The maximum atomic E-state index is 12.7. The van der Waals surface area contributed by atoms with Crippen molar-refractivity contribution in [2.45, 2.75) is 59.5 Å². The van der Waals surface area contributed by atoms with Crippen molar-refractivity contribution in [1.29, 1.82) is 5.26 Å². The second kappa shape index (κ2) is 10.0. The van der Waals surface area contributed by atoms with E-state index < -0.39 is 5.60 Å². The van der Waals surface area contributed by atoms with Gasteiger partial charge in [0.1, 0.15) is 17.4 Å². The van der Waals surface area contributed by atoms with Gasteiger partial charge < -0.3 is 14.8 Å². The normalized spacial score (nSPS) is 13.2. The van der Waals surface area contributed by atoms with Crippen molar-refractivity contribution < 1.29 is 14.3 Å². The van der Waals surface area contributed by atoms with E-state index in [1.165, 1.54) is 0 Å². The van der Waals surface area contributed by atoms with E-state index in [4.69, 9.17) is 9.47 Å². The second-order valence-corrected chi connectivity index (χ2v) is 6.81. The molecular formula is C20H30N2O3. The van der Waals surface area contributed by atoms with Crippen LogP contribution in [0.2, 0.25) is 0 Å². The first-order chi connectivity index (χ1) is 11.9. The number of ether oxygens (including phenoxy) is 2. The van der Waals surface area contributed by atoms with Crippen LogP contribution in [-0.4, -0.2) is 24.7 Å². The molecule has 1 N–H and O–H groups in total. The molecule has 0 spiro atoms. The summed E-state index contributed by atoms with van der Waals surface area (Å²) in [6, 6.07) is 7.24. The molecule has 0 fully saturated rings. The van der Waals surface area contributed by atoms with Crippen molar-refractivity contribution in [1.82, 2.24) is 0 Å². The van der Waals surface area contributed by atoms with E-state index in [1.54, 1.807) is 18.2 Å². The topological polar surface area (TPSA) is 71.3 Å². The molecule has 0 aliphatic heterocycles. The summed E-state index contributed by atoms with van der Waals surface area (Å²) in [4.78, 5) is 12.7. The van der Waals surface area contributed by atoms with E-state index in [0.717, 1.165) is 12.8 Å². The summed E-state index contributed by atoms with van der Waals surface area (Å²) in [7, 11) is 0. The Bertz CT molecular complexity index is 607. The average molecular weight is 346 g/mol. The maximum absolute atomic E-state index is 12.7. The Kier molecular flexibility index (Phi) is 8.44. The van der Waals surface area contributed by atoms with Crippen LogP contribution in [0.25, 0.3) is 0 Å². The molecule has 0 saturated heterocycles. The summed E-state index contributed by atoms with van der Waals surface area (Å²) in [5, 5.41) is 12.2. The molecule has 0 saturated carbocycles. The third kappa shape index (κ3) is 6.39. The van der Waals surface area contributed by atoms with Gasteiger partial charge in [-0.3, -0.25) is 4.79 Å². The molecule has 0 radical (unpaired) electrons. The van der Waals surface area contributed by atoms with E-state index in [-0.39, 0.29) is 5.91 Å². The van der Waals surface area contributed by atoms with Gasteiger partial charge in [-0.1, -0.05) is 34.1 Å². The minimum Gasteiger partial charge on any atom is -0.492 e. The number of hydrogen-bond donors (Lipinski definition) is 1. The van der Waals surface area contributed by atoms with E-state index in [0.29, 0.717) is 42.6 Å². The van der Waals surface area contributed by atoms with Gasteiger partial charge in [0, 0.05) is 12.3 Å². The molecule has 1 amide bonds. The van der Waals surface area contributed by atoms with Gasteiger partial charge in [0.05, 0.1) is 12.2 Å². The quantitative estimate of drug-likeness (QED) is 0.676. The molecule has 1 rings (SSSR count). The number of benzene rings is 1. The Balaban J connectivity index is 2.90. The number of nitrogens with zero attached hydrogens (tertiary/aromatic N) is 1. The lowest BCUT2D eigenvalue weighted by Crippen LogP contribution is -2.43. The first kappa shape index (κ1) is 21.0. The highest BCUT2D eigenvalue weighted by Gasteiger charge is 2.33. The molecule has 1 aromatic rings. The molecule has 1 aromatic carbocycles. The lowest BCUT2D eigenvalue weighted by atomic mass is 9.98. The van der Waals surface area contributed by atoms with Crippen LogP contribution in [0.15, 0.2) is 18.2 Å². The summed E-state index contributed by atoms with van der Waals surface area (Å²) in [6.07, 6.45) is 2.34. The number of carbonyl (C=O) groups is 1. The molecule has 0 bridgehead atoms. The lowest BCUT2D eigenvalue weighted by molar-refractivity contribution is -0.140. The molecule has 0 aliphatic carbocycles. The molecule has 0 aromatic heterocycles. The van der Waals surface area contributed by atoms with E-state index in [2.05, 4.69) is 11.4 Å². The minimum absolute atomic E-state index is 0.192. The number of carbonyl (C=O) groups excluding carboxylic acids is 1. The average Bonchev–Trinajstić information content (AvgIpc) is 2.58. The van der Waals surface area contributed by atoms with Crippen molar-refractivity contribution in [2.75, 3.05) is 18.5 Å². The lowest BCUT2D eigenvalue weighted by Gasteiger charge is -2.28. The van der Waals surface area contributed by atoms with Crippen molar-refractivity contribution in [3.63, 3.8) is 0 Å². The van der Waals surface area contributed by atoms with Gasteiger partial charge >= 0.3 is 0 Å². The fourth-order valence-corrected chi connectivity index (χ4v) is 2.40. The molecule has 0 aliphatic rings. The molecule has 25 heavy (non-hydrogen) atoms. The van der Waals surface area contributed by atoms with E-state index in [1.807, 2.05) is 34.6 Å². The standard InChI is InChI=1S/C20H30N2O3/c1-6-10-20(5,25-11-7-2)19(23)22-17-8-9-18(16(12-17)13-21)24-14-15(3)4/h8-9,12,15H,6-7,10-11,14H2,1-5H3,(H,22,23). The van der Waals surface area contributed by atoms with Crippen LogP contribution in [0, 0.1) is 17.2 Å². The Hall–Kier alpha value is -2.06. The molecule has 138 valence electrons. The number of anilines is 1. The highest BCUT2D eigenvalue weighted by atomic mass is 16.5. The van der Waals surface area contributed by atoms with Crippen LogP contribution in [0.5, 0.6) is 5.75 Å².